The van der Waals surface area contributed by atoms with Crippen LogP contribution in [0.15, 0.2) is 60.7 Å². The molecule has 0 spiro atoms. The van der Waals surface area contributed by atoms with E-state index in [1.807, 2.05) is 30.3 Å². The highest BCUT2D eigenvalue weighted by molar-refractivity contribution is 14.1. The summed E-state index contributed by atoms with van der Waals surface area (Å²) in [6.07, 6.45) is 1.74. The molecule has 0 fully saturated rings. The van der Waals surface area contributed by atoms with E-state index in [0.717, 1.165) is 18.3 Å². The van der Waals surface area contributed by atoms with Crippen LogP contribution >= 0.6 is 45.2 Å². The summed E-state index contributed by atoms with van der Waals surface area (Å²) in [5.74, 6) is 0.708. The van der Waals surface area contributed by atoms with E-state index < -0.39 is 4.92 Å². The minimum Gasteiger partial charge on any atom is -0.487 e. The first kappa shape index (κ1) is 22.7. The van der Waals surface area contributed by atoms with Crippen molar-refractivity contribution >= 4 is 62.5 Å². The van der Waals surface area contributed by atoms with Crippen LogP contribution in [0.4, 0.5) is 5.69 Å². The third-order valence-electron chi connectivity index (χ3n) is 4.35. The predicted molar refractivity (Wildman–Crippen MR) is 134 cm³/mol. The number of nitro benzene ring substituents is 1. The fourth-order valence-electron chi connectivity index (χ4n) is 2.82. The molecule has 0 unspecified atom stereocenters. The number of halogens is 2. The molecule has 0 atom stereocenters. The lowest BCUT2D eigenvalue weighted by molar-refractivity contribution is -0.384. The van der Waals surface area contributed by atoms with Crippen molar-refractivity contribution in [3.05, 3.63) is 100 Å². The molecule has 152 valence electrons. The Bertz CT molecular complexity index is 1230. The zero-order valence-corrected chi connectivity index (χ0v) is 20.2. The molecule has 0 aliphatic heterocycles. The summed E-state index contributed by atoms with van der Waals surface area (Å²) in [5, 5.41) is 29.6. The summed E-state index contributed by atoms with van der Waals surface area (Å²) in [5.41, 5.74) is 3.18. The maximum absolute atomic E-state index is 10.8. The van der Waals surface area contributed by atoms with Gasteiger partial charge in [-0.25, -0.2) is 0 Å². The van der Waals surface area contributed by atoms with Gasteiger partial charge in [-0.2, -0.15) is 10.5 Å². The Kier molecular flexibility index (Phi) is 7.60. The second kappa shape index (κ2) is 10.4. The molecule has 3 rings (SSSR count). The lowest BCUT2D eigenvalue weighted by atomic mass is 10.0. The molecular formula is C23H13I2N3O3. The Morgan fingerprint density at radius 1 is 1.06 bits per heavy atom. The standard InChI is InChI=1S/C23H13I2N3O3/c24-21-10-15(9-19(13-27)16-5-7-20(8-6-16)28(29)30)11-22(25)23(21)31-14-18-4-2-1-3-17(18)12-26/h1-11H,14H2/b19-9-. The molecule has 0 saturated heterocycles. The molecule has 31 heavy (non-hydrogen) atoms. The molecule has 6 nitrogen and oxygen atoms in total. The third-order valence-corrected chi connectivity index (χ3v) is 5.95. The Morgan fingerprint density at radius 2 is 1.71 bits per heavy atom. The van der Waals surface area contributed by atoms with Gasteiger partial charge in [-0.05, 0) is 92.7 Å². The first-order valence-electron chi connectivity index (χ1n) is 8.89. The number of hydrogen-bond donors (Lipinski definition) is 0. The van der Waals surface area contributed by atoms with Gasteiger partial charge in [0, 0.05) is 17.7 Å². The number of rotatable bonds is 6. The number of nitro groups is 1. The summed E-state index contributed by atoms with van der Waals surface area (Å²) in [4.78, 5) is 10.4. The van der Waals surface area contributed by atoms with Crippen LogP contribution in [0.1, 0.15) is 22.3 Å². The Morgan fingerprint density at radius 3 is 2.29 bits per heavy atom. The van der Waals surface area contributed by atoms with E-state index in [1.165, 1.54) is 12.1 Å². The van der Waals surface area contributed by atoms with Crippen molar-refractivity contribution in [1.82, 2.24) is 0 Å². The number of benzene rings is 3. The highest BCUT2D eigenvalue weighted by atomic mass is 127. The van der Waals surface area contributed by atoms with Gasteiger partial charge in [0.2, 0.25) is 0 Å². The van der Waals surface area contributed by atoms with Crippen molar-refractivity contribution in [2.45, 2.75) is 6.61 Å². The molecule has 3 aromatic rings. The molecule has 0 aliphatic carbocycles. The highest BCUT2D eigenvalue weighted by Crippen LogP contribution is 2.31. The molecule has 0 bridgehead atoms. The third kappa shape index (κ3) is 5.60. The first-order chi connectivity index (χ1) is 14.9. The van der Waals surface area contributed by atoms with E-state index in [-0.39, 0.29) is 12.3 Å². The second-order valence-electron chi connectivity index (χ2n) is 6.35. The Hall–Kier alpha value is -2.96. The van der Waals surface area contributed by atoms with Crippen molar-refractivity contribution < 1.29 is 9.66 Å². The van der Waals surface area contributed by atoms with Crippen molar-refractivity contribution in [3.63, 3.8) is 0 Å². The topological polar surface area (TPSA) is 99.9 Å². The van der Waals surface area contributed by atoms with E-state index in [9.17, 15) is 20.6 Å². The van der Waals surface area contributed by atoms with Crippen molar-refractivity contribution in [1.29, 1.82) is 10.5 Å². The van der Waals surface area contributed by atoms with Gasteiger partial charge in [0.15, 0.2) is 0 Å². The number of non-ortho nitro benzene ring substituents is 1. The number of ether oxygens (including phenoxy) is 1. The zero-order valence-electron chi connectivity index (χ0n) is 15.9. The summed E-state index contributed by atoms with van der Waals surface area (Å²) in [6, 6.07) is 21.3. The molecule has 0 heterocycles. The Labute approximate surface area is 206 Å². The molecule has 8 heteroatoms. The zero-order chi connectivity index (χ0) is 22.4. The van der Waals surface area contributed by atoms with Crippen LogP contribution in [0, 0.1) is 39.9 Å². The smallest absolute Gasteiger partial charge is 0.269 e. The van der Waals surface area contributed by atoms with E-state index in [4.69, 9.17) is 4.74 Å². The van der Waals surface area contributed by atoms with E-state index >= 15 is 0 Å². The fraction of sp³-hybridized carbons (Fsp3) is 0.0435. The van der Waals surface area contributed by atoms with Gasteiger partial charge in [0.05, 0.1) is 35.3 Å². The van der Waals surface area contributed by atoms with Crippen LogP contribution in [0.5, 0.6) is 5.75 Å². The first-order valence-corrected chi connectivity index (χ1v) is 11.0. The van der Waals surface area contributed by atoms with Crippen molar-refractivity contribution in [2.24, 2.45) is 0 Å². The second-order valence-corrected chi connectivity index (χ2v) is 8.67. The van der Waals surface area contributed by atoms with Crippen LogP contribution in [-0.2, 0) is 6.61 Å². The van der Waals surface area contributed by atoms with E-state index in [0.29, 0.717) is 22.4 Å². The van der Waals surface area contributed by atoms with Gasteiger partial charge in [-0.3, -0.25) is 10.1 Å². The molecular weight excluding hydrogens is 620 g/mol. The van der Waals surface area contributed by atoms with Gasteiger partial charge in [0.25, 0.3) is 5.69 Å². The maximum Gasteiger partial charge on any atom is 0.269 e. The maximum atomic E-state index is 10.8. The molecule has 0 amide bonds. The average Bonchev–Trinajstić information content (AvgIpc) is 2.77. The van der Waals surface area contributed by atoms with Crippen LogP contribution < -0.4 is 4.74 Å². The summed E-state index contributed by atoms with van der Waals surface area (Å²) in [7, 11) is 0. The predicted octanol–water partition coefficient (Wildman–Crippen LogP) is 6.32. The summed E-state index contributed by atoms with van der Waals surface area (Å²) < 4.78 is 7.72. The number of nitrogens with zero attached hydrogens (tertiary/aromatic N) is 3. The number of allylic oxidation sites excluding steroid dienone is 1. The van der Waals surface area contributed by atoms with E-state index in [2.05, 4.69) is 57.3 Å². The fourth-order valence-corrected chi connectivity index (χ4v) is 4.94. The van der Waals surface area contributed by atoms with Crippen molar-refractivity contribution in [3.8, 4) is 17.9 Å². The average molecular weight is 633 g/mol. The SMILES string of the molecule is N#C/C(=C/c1cc(I)c(OCc2ccccc2C#N)c(I)c1)c1ccc([N+](=O)[O-])cc1. The lowest BCUT2D eigenvalue weighted by Gasteiger charge is -2.12. The molecule has 0 aliphatic rings. The quantitative estimate of drug-likeness (QED) is 0.104. The highest BCUT2D eigenvalue weighted by Gasteiger charge is 2.12. The molecule has 0 N–H and O–H groups in total. The monoisotopic (exact) mass is 633 g/mol. The minimum atomic E-state index is -0.474. The van der Waals surface area contributed by atoms with Gasteiger partial charge >= 0.3 is 0 Å². The normalized spacial score (nSPS) is 10.8. The van der Waals surface area contributed by atoms with Crippen LogP contribution in [0.2, 0.25) is 0 Å². The number of hydrogen-bond acceptors (Lipinski definition) is 5. The summed E-state index contributed by atoms with van der Waals surface area (Å²) >= 11 is 4.35. The van der Waals surface area contributed by atoms with Gasteiger partial charge in [0.1, 0.15) is 12.4 Å². The van der Waals surface area contributed by atoms with Crippen LogP contribution in [-0.4, -0.2) is 4.92 Å². The van der Waals surface area contributed by atoms with Crippen molar-refractivity contribution in [2.75, 3.05) is 0 Å². The lowest BCUT2D eigenvalue weighted by Crippen LogP contribution is -2.01. The van der Waals surface area contributed by atoms with Gasteiger partial charge in [-0.1, -0.05) is 18.2 Å². The van der Waals surface area contributed by atoms with Crippen LogP contribution in [0.25, 0.3) is 11.6 Å². The molecule has 0 radical (unpaired) electrons. The summed E-state index contributed by atoms with van der Waals surface area (Å²) in [6.45, 7) is 0.275. The Balaban J connectivity index is 1.86. The van der Waals surface area contributed by atoms with E-state index in [1.54, 1.807) is 24.3 Å². The van der Waals surface area contributed by atoms with Gasteiger partial charge in [-0.15, -0.1) is 0 Å². The van der Waals surface area contributed by atoms with Crippen LogP contribution in [0.3, 0.4) is 0 Å². The van der Waals surface area contributed by atoms with Gasteiger partial charge < -0.3 is 4.74 Å². The number of nitriles is 2. The largest absolute Gasteiger partial charge is 0.487 e. The minimum absolute atomic E-state index is 0.0235. The molecule has 0 saturated carbocycles. The molecule has 0 aromatic heterocycles. The molecule has 3 aromatic carbocycles.